The van der Waals surface area contributed by atoms with Crippen LogP contribution in [0.2, 0.25) is 0 Å². The van der Waals surface area contributed by atoms with Crippen LogP contribution < -0.4 is 0 Å². The molecule has 0 aromatic heterocycles. The molecule has 2 heterocycles. The lowest BCUT2D eigenvalue weighted by Gasteiger charge is -2.24. The molecule has 8 aromatic rings. The first kappa shape index (κ1) is 25.0. The van der Waals surface area contributed by atoms with Crippen molar-refractivity contribution in [2.24, 2.45) is 0 Å². The summed E-state index contributed by atoms with van der Waals surface area (Å²) in [6, 6.07) is 20.3. The Kier molecular flexibility index (Phi) is 4.05. The molecule has 0 fully saturated rings. The lowest BCUT2D eigenvalue weighted by molar-refractivity contribution is 0.572. The maximum atomic E-state index is 14.2. The topological polar surface area (TPSA) is 137 Å². The number of benzene rings is 7. The van der Waals surface area contributed by atoms with Crippen LogP contribution in [0.4, 0.5) is 0 Å². The Balaban J connectivity index is 1.55. The Labute approximate surface area is 249 Å². The molecule has 10 rings (SSSR count). The molecule has 0 N–H and O–H groups in total. The summed E-state index contributed by atoms with van der Waals surface area (Å²) in [6.45, 7) is 0. The Morgan fingerprint density at radius 2 is 0.545 bits per heavy atom. The monoisotopic (exact) mass is 654 g/mol. The highest BCUT2D eigenvalue weighted by Crippen LogP contribution is 2.58. The molecule has 2 aliphatic rings. The number of rotatable bonds is 0. The highest BCUT2D eigenvalue weighted by molar-refractivity contribution is 7.98. The summed E-state index contributed by atoms with van der Waals surface area (Å²) >= 11 is 0. The van der Waals surface area contributed by atoms with E-state index in [4.69, 9.17) is 0 Å². The maximum Gasteiger partial charge on any atom is 0.209 e. The molecule has 2 aliphatic heterocycles. The average Bonchev–Trinajstić information content (AvgIpc) is 3.37. The average molecular weight is 655 g/mol. The van der Waals surface area contributed by atoms with Gasteiger partial charge in [-0.2, -0.15) is 0 Å². The van der Waals surface area contributed by atoms with Crippen LogP contribution in [0.5, 0.6) is 0 Å². The van der Waals surface area contributed by atoms with Gasteiger partial charge in [-0.25, -0.2) is 33.7 Å². The van der Waals surface area contributed by atoms with Crippen LogP contribution in [0.15, 0.2) is 124 Å². The van der Waals surface area contributed by atoms with E-state index >= 15 is 0 Å². The van der Waals surface area contributed by atoms with Gasteiger partial charge < -0.3 is 0 Å². The molecule has 12 heteroatoms. The number of fused-ring (bicyclic) bond motifs is 8. The molecule has 0 saturated carbocycles. The minimum atomic E-state index is -4.35. The normalized spacial score (nSPS) is 19.0. The van der Waals surface area contributed by atoms with Gasteiger partial charge in [-0.1, -0.05) is 60.7 Å². The molecule has 0 unspecified atom stereocenters. The first-order chi connectivity index (χ1) is 20.9. The predicted molar refractivity (Wildman–Crippen MR) is 162 cm³/mol. The minimum absolute atomic E-state index is 0.138. The van der Waals surface area contributed by atoms with E-state index < -0.39 is 39.3 Å². The van der Waals surface area contributed by atoms with Gasteiger partial charge >= 0.3 is 0 Å². The van der Waals surface area contributed by atoms with Gasteiger partial charge in [0, 0.05) is 43.1 Å². The Morgan fingerprint density at radius 3 is 0.841 bits per heavy atom. The zero-order valence-electron chi connectivity index (χ0n) is 22.0. The van der Waals surface area contributed by atoms with Crippen molar-refractivity contribution in [1.82, 2.24) is 0 Å². The van der Waals surface area contributed by atoms with Crippen molar-refractivity contribution >= 4 is 93.2 Å². The molecular formula is C32H14O8S4. The van der Waals surface area contributed by atoms with E-state index in [9.17, 15) is 33.7 Å². The van der Waals surface area contributed by atoms with E-state index in [1.54, 1.807) is 24.3 Å². The third-order valence-electron chi connectivity index (χ3n) is 9.21. The van der Waals surface area contributed by atoms with Crippen LogP contribution in [-0.2, 0) is 39.3 Å². The second-order valence-electron chi connectivity index (χ2n) is 11.2. The van der Waals surface area contributed by atoms with E-state index in [0.29, 0.717) is 32.3 Å². The molecule has 214 valence electrons. The smallest absolute Gasteiger partial charge is 0.209 e. The predicted octanol–water partition coefficient (Wildman–Crippen LogP) is 5.72. The summed E-state index contributed by atoms with van der Waals surface area (Å²) in [5.41, 5.74) is 0. The van der Waals surface area contributed by atoms with Gasteiger partial charge in [0.15, 0.2) is 0 Å². The number of hydrogen-bond donors (Lipinski definition) is 0. The molecule has 0 saturated heterocycles. The van der Waals surface area contributed by atoms with Crippen molar-refractivity contribution in [2.45, 2.75) is 39.2 Å². The van der Waals surface area contributed by atoms with E-state index in [1.165, 1.54) is 60.7 Å². The van der Waals surface area contributed by atoms with Crippen LogP contribution in [0.25, 0.3) is 53.9 Å². The standard InChI is InChI=1S/C32H14O8S4/c33-41(34)20-5-1-3-7-22(20)43(37,38)31-18-13-14-19-28-26-17(12-10-15-9-11-16(29(31)41)25(24(15)26)27(18)28)30-32(19)44(39,40)23-8-4-2-6-21(23)42(30,35)36/h1-14H. The summed E-state index contributed by atoms with van der Waals surface area (Å²) in [4.78, 5) is -2.66. The van der Waals surface area contributed by atoms with Gasteiger partial charge in [-0.15, -0.1) is 0 Å². The largest absolute Gasteiger partial charge is 0.218 e. The summed E-state index contributed by atoms with van der Waals surface area (Å²) in [7, 11) is -17.3. The Bertz CT molecular complexity index is 2930. The summed E-state index contributed by atoms with van der Waals surface area (Å²) < 4.78 is 114. The lowest BCUT2D eigenvalue weighted by Crippen LogP contribution is -2.21. The molecule has 0 aliphatic carbocycles. The molecular weight excluding hydrogens is 641 g/mol. The van der Waals surface area contributed by atoms with Gasteiger partial charge in [-0.3, -0.25) is 0 Å². The molecule has 0 atom stereocenters. The third kappa shape index (κ3) is 2.42. The zero-order chi connectivity index (χ0) is 30.3. The van der Waals surface area contributed by atoms with Crippen molar-refractivity contribution in [3.05, 3.63) is 84.9 Å². The van der Waals surface area contributed by atoms with E-state index in [1.807, 2.05) is 0 Å². The lowest BCUT2D eigenvalue weighted by atomic mass is 9.99. The summed E-state index contributed by atoms with van der Waals surface area (Å²) in [6.07, 6.45) is 0. The molecule has 44 heavy (non-hydrogen) atoms. The van der Waals surface area contributed by atoms with Crippen LogP contribution in [0.3, 0.4) is 0 Å². The quantitative estimate of drug-likeness (QED) is 0.189. The first-order valence-electron chi connectivity index (χ1n) is 13.4. The Morgan fingerprint density at radius 1 is 0.295 bits per heavy atom. The van der Waals surface area contributed by atoms with Gasteiger partial charge in [0.05, 0.1) is 39.2 Å². The van der Waals surface area contributed by atoms with Crippen LogP contribution >= 0.6 is 0 Å². The molecule has 0 amide bonds. The highest BCUT2D eigenvalue weighted by Gasteiger charge is 2.46. The fraction of sp³-hybridized carbons (Fsp3) is 0. The summed E-state index contributed by atoms with van der Waals surface area (Å²) in [5.74, 6) is 0. The van der Waals surface area contributed by atoms with Crippen molar-refractivity contribution in [3.63, 3.8) is 0 Å². The van der Waals surface area contributed by atoms with Crippen molar-refractivity contribution < 1.29 is 33.7 Å². The first-order valence-corrected chi connectivity index (χ1v) is 19.3. The highest BCUT2D eigenvalue weighted by atomic mass is 32.2. The van der Waals surface area contributed by atoms with Crippen LogP contribution in [0.1, 0.15) is 0 Å². The zero-order valence-corrected chi connectivity index (χ0v) is 25.2. The fourth-order valence-corrected chi connectivity index (χ4v) is 16.7. The van der Waals surface area contributed by atoms with Crippen molar-refractivity contribution in [2.75, 3.05) is 0 Å². The van der Waals surface area contributed by atoms with Gasteiger partial charge in [0.25, 0.3) is 0 Å². The van der Waals surface area contributed by atoms with Gasteiger partial charge in [0.1, 0.15) is 0 Å². The molecule has 0 spiro atoms. The number of sulfone groups is 4. The second kappa shape index (κ2) is 7.13. The van der Waals surface area contributed by atoms with Crippen molar-refractivity contribution in [1.29, 1.82) is 0 Å². The molecule has 0 radical (unpaired) electrons. The minimum Gasteiger partial charge on any atom is -0.218 e. The van der Waals surface area contributed by atoms with E-state index in [0.717, 1.165) is 0 Å². The number of hydrogen-bond acceptors (Lipinski definition) is 8. The second-order valence-corrected chi connectivity index (χ2v) is 18.6. The SMILES string of the molecule is O=S1(=O)c2ccccc2S(=O)(=O)c2c1c1ccc3ccc4c5c(c6ccc2c2c1c3c4c62)S(=O)(=O)c1ccccc1S5(=O)=O. The van der Waals surface area contributed by atoms with Crippen LogP contribution in [0, 0.1) is 0 Å². The summed E-state index contributed by atoms with van der Waals surface area (Å²) in [5, 5.41) is 3.56. The fourth-order valence-electron chi connectivity index (χ4n) is 7.60. The van der Waals surface area contributed by atoms with Crippen LogP contribution in [-0.4, -0.2) is 33.7 Å². The van der Waals surface area contributed by atoms with Gasteiger partial charge in [-0.05, 0) is 35.0 Å². The Hall–Kier alpha value is -4.36. The van der Waals surface area contributed by atoms with E-state index in [-0.39, 0.29) is 60.7 Å². The molecule has 8 aromatic carbocycles. The van der Waals surface area contributed by atoms with Gasteiger partial charge in [0.2, 0.25) is 39.3 Å². The third-order valence-corrected chi connectivity index (χ3v) is 17.3. The molecule has 8 nitrogen and oxygen atoms in total. The van der Waals surface area contributed by atoms with Crippen molar-refractivity contribution in [3.8, 4) is 0 Å². The maximum absolute atomic E-state index is 14.2. The van der Waals surface area contributed by atoms with E-state index in [2.05, 4.69) is 0 Å². The molecule has 0 bridgehead atoms.